The lowest BCUT2D eigenvalue weighted by atomic mass is 10.1. The maximum atomic E-state index is 10.9. The average Bonchev–Trinajstić information content (AvgIpc) is 2.31. The third-order valence-electron chi connectivity index (χ3n) is 1.80. The van der Waals surface area contributed by atoms with Crippen LogP contribution >= 0.6 is 0 Å². The minimum absolute atomic E-state index is 0.0434. The molecule has 82 valence electrons. The second-order valence-electron chi connectivity index (χ2n) is 2.76. The average molecular weight is 206 g/mol. The Morgan fingerprint density at radius 2 is 1.53 bits per heavy atom. The first-order valence-electron chi connectivity index (χ1n) is 4.94. The Balaban J connectivity index is 0.000000921. The van der Waals surface area contributed by atoms with E-state index in [4.69, 9.17) is 11.5 Å². The maximum Gasteiger partial charge on any atom is 0.159 e. The van der Waals surface area contributed by atoms with E-state index in [9.17, 15) is 4.79 Å². The van der Waals surface area contributed by atoms with Crippen LogP contribution in [0.4, 0.5) is 0 Å². The van der Waals surface area contributed by atoms with Gasteiger partial charge < -0.3 is 11.5 Å². The minimum Gasteiger partial charge on any atom is -0.403 e. The van der Waals surface area contributed by atoms with Gasteiger partial charge in [0, 0.05) is 11.8 Å². The topological polar surface area (TPSA) is 69.1 Å². The van der Waals surface area contributed by atoms with Crippen LogP contribution in [0.3, 0.4) is 0 Å². The van der Waals surface area contributed by atoms with Crippen molar-refractivity contribution in [2.24, 2.45) is 11.5 Å². The number of Topliss-reactive ketones (excluding diaryl/α,β-unsaturated/α-hetero) is 1. The van der Waals surface area contributed by atoms with Gasteiger partial charge >= 0.3 is 0 Å². The molecule has 0 aliphatic heterocycles. The second kappa shape index (κ2) is 6.65. The fourth-order valence-electron chi connectivity index (χ4n) is 0.994. The molecule has 0 heterocycles. The van der Waals surface area contributed by atoms with Gasteiger partial charge in [-0.3, -0.25) is 4.79 Å². The highest BCUT2D eigenvalue weighted by Crippen LogP contribution is 2.09. The predicted molar refractivity (Wildman–Crippen MR) is 64.1 cm³/mol. The summed E-state index contributed by atoms with van der Waals surface area (Å²) in [5.41, 5.74) is 12.8. The summed E-state index contributed by atoms with van der Waals surface area (Å²) in [6.07, 6.45) is 1.34. The van der Waals surface area contributed by atoms with Gasteiger partial charge in [-0.2, -0.15) is 0 Å². The van der Waals surface area contributed by atoms with Crippen LogP contribution in [0.25, 0.3) is 5.70 Å². The third kappa shape index (κ3) is 3.85. The summed E-state index contributed by atoms with van der Waals surface area (Å²) in [5.74, 6) is 0.0434. The molecule has 1 aromatic rings. The van der Waals surface area contributed by atoms with E-state index in [1.54, 1.807) is 24.3 Å². The monoisotopic (exact) mass is 206 g/mol. The molecule has 0 aromatic heterocycles. The predicted octanol–water partition coefficient (Wildman–Crippen LogP) is 2.13. The van der Waals surface area contributed by atoms with Crippen LogP contribution in [-0.4, -0.2) is 5.78 Å². The Morgan fingerprint density at radius 1 is 1.13 bits per heavy atom. The fraction of sp³-hybridized carbons (Fsp3) is 0.250. The summed E-state index contributed by atoms with van der Waals surface area (Å²) in [5, 5.41) is 0. The summed E-state index contributed by atoms with van der Waals surface area (Å²) in [6, 6.07) is 7.01. The highest BCUT2D eigenvalue weighted by molar-refractivity contribution is 5.94. The minimum atomic E-state index is 0.0434. The summed E-state index contributed by atoms with van der Waals surface area (Å²) >= 11 is 0. The number of nitrogens with two attached hydrogens (primary N) is 2. The molecule has 0 aliphatic carbocycles. The van der Waals surface area contributed by atoms with E-state index in [2.05, 4.69) is 0 Å². The second-order valence-corrected chi connectivity index (χ2v) is 2.76. The Hall–Kier alpha value is -1.77. The van der Waals surface area contributed by atoms with Crippen molar-refractivity contribution in [3.63, 3.8) is 0 Å². The third-order valence-corrected chi connectivity index (χ3v) is 1.80. The summed E-state index contributed by atoms with van der Waals surface area (Å²) in [4.78, 5) is 10.9. The molecule has 3 nitrogen and oxygen atoms in total. The van der Waals surface area contributed by atoms with Crippen molar-refractivity contribution in [1.82, 2.24) is 0 Å². The molecule has 0 spiro atoms. The Labute approximate surface area is 90.8 Å². The van der Waals surface area contributed by atoms with Crippen molar-refractivity contribution in [2.45, 2.75) is 20.8 Å². The number of hydrogen-bond donors (Lipinski definition) is 2. The van der Waals surface area contributed by atoms with Crippen molar-refractivity contribution < 1.29 is 4.79 Å². The Kier molecular flexibility index (Phi) is 5.86. The molecular weight excluding hydrogens is 188 g/mol. The molecule has 0 atom stereocenters. The molecule has 1 aromatic carbocycles. The molecule has 0 saturated heterocycles. The maximum absolute atomic E-state index is 10.9. The van der Waals surface area contributed by atoms with Gasteiger partial charge in [-0.15, -0.1) is 0 Å². The van der Waals surface area contributed by atoms with Gasteiger partial charge in [0.25, 0.3) is 0 Å². The summed E-state index contributed by atoms with van der Waals surface area (Å²) < 4.78 is 0. The molecule has 4 N–H and O–H groups in total. The first kappa shape index (κ1) is 13.2. The van der Waals surface area contributed by atoms with Gasteiger partial charge in [0.15, 0.2) is 5.78 Å². The number of ketones is 1. The number of hydrogen-bond acceptors (Lipinski definition) is 3. The smallest absolute Gasteiger partial charge is 0.159 e. The molecule has 15 heavy (non-hydrogen) atoms. The van der Waals surface area contributed by atoms with Gasteiger partial charge in [0.05, 0.1) is 5.70 Å². The molecule has 1 rings (SSSR count). The van der Waals surface area contributed by atoms with Gasteiger partial charge in [0.1, 0.15) is 0 Å². The van der Waals surface area contributed by atoms with Crippen LogP contribution in [0.2, 0.25) is 0 Å². The van der Waals surface area contributed by atoms with Crippen LogP contribution in [0.1, 0.15) is 36.7 Å². The van der Waals surface area contributed by atoms with E-state index in [0.29, 0.717) is 11.3 Å². The zero-order valence-electron chi connectivity index (χ0n) is 9.45. The quantitative estimate of drug-likeness (QED) is 0.728. The van der Waals surface area contributed by atoms with Crippen LogP contribution in [0.5, 0.6) is 0 Å². The number of carbonyl (C=O) groups excluding carboxylic acids is 1. The van der Waals surface area contributed by atoms with Gasteiger partial charge in [-0.05, 0) is 12.5 Å². The molecule has 0 saturated carbocycles. The Bertz CT molecular complexity index is 339. The van der Waals surface area contributed by atoms with E-state index in [0.717, 1.165) is 5.56 Å². The van der Waals surface area contributed by atoms with E-state index in [1.807, 2.05) is 13.8 Å². The number of benzene rings is 1. The summed E-state index contributed by atoms with van der Waals surface area (Å²) in [7, 11) is 0. The van der Waals surface area contributed by atoms with Crippen LogP contribution in [0.15, 0.2) is 30.5 Å². The standard InChI is InChI=1S/C10H12N2O.C2H6/c1-7(13)8-2-4-9(5-3-8)10(12)6-11;1-2/h2-6H,11-12H2,1H3;1-2H3/b10-6-;. The van der Waals surface area contributed by atoms with Crippen molar-refractivity contribution in [3.8, 4) is 0 Å². The number of carbonyl (C=O) groups is 1. The summed E-state index contributed by atoms with van der Waals surface area (Å²) in [6.45, 7) is 5.52. The van der Waals surface area contributed by atoms with Crippen LogP contribution < -0.4 is 11.5 Å². The van der Waals surface area contributed by atoms with Crippen LogP contribution in [0, 0.1) is 0 Å². The largest absolute Gasteiger partial charge is 0.403 e. The highest BCUT2D eigenvalue weighted by atomic mass is 16.1. The highest BCUT2D eigenvalue weighted by Gasteiger charge is 1.99. The SMILES string of the molecule is CC.CC(=O)c1ccc(/C(N)=C/N)cc1. The lowest BCUT2D eigenvalue weighted by Gasteiger charge is -2.00. The van der Waals surface area contributed by atoms with Crippen molar-refractivity contribution in [2.75, 3.05) is 0 Å². The molecule has 0 aliphatic rings. The zero-order chi connectivity index (χ0) is 11.8. The molecule has 0 bridgehead atoms. The lowest BCUT2D eigenvalue weighted by molar-refractivity contribution is 0.101. The fourth-order valence-corrected chi connectivity index (χ4v) is 0.994. The van der Waals surface area contributed by atoms with Crippen molar-refractivity contribution >= 4 is 11.5 Å². The lowest BCUT2D eigenvalue weighted by Crippen LogP contribution is -2.00. The normalized spacial score (nSPS) is 10.2. The van der Waals surface area contributed by atoms with E-state index in [-0.39, 0.29) is 5.78 Å². The van der Waals surface area contributed by atoms with Crippen molar-refractivity contribution in [3.05, 3.63) is 41.6 Å². The molecule has 0 radical (unpaired) electrons. The van der Waals surface area contributed by atoms with Gasteiger partial charge in [0.2, 0.25) is 0 Å². The molecular formula is C12H18N2O. The van der Waals surface area contributed by atoms with E-state index >= 15 is 0 Å². The van der Waals surface area contributed by atoms with E-state index < -0.39 is 0 Å². The van der Waals surface area contributed by atoms with Gasteiger partial charge in [-0.1, -0.05) is 38.1 Å². The molecule has 3 heteroatoms. The molecule has 0 amide bonds. The Morgan fingerprint density at radius 3 is 1.87 bits per heavy atom. The zero-order valence-corrected chi connectivity index (χ0v) is 9.45. The first-order chi connectivity index (χ1) is 7.15. The number of rotatable bonds is 2. The first-order valence-corrected chi connectivity index (χ1v) is 4.94. The van der Waals surface area contributed by atoms with Gasteiger partial charge in [-0.25, -0.2) is 0 Å². The van der Waals surface area contributed by atoms with Crippen LogP contribution in [-0.2, 0) is 0 Å². The molecule has 0 unspecified atom stereocenters. The van der Waals surface area contributed by atoms with E-state index in [1.165, 1.54) is 13.1 Å². The van der Waals surface area contributed by atoms with Crippen molar-refractivity contribution in [1.29, 1.82) is 0 Å². The molecule has 0 fully saturated rings.